The summed E-state index contributed by atoms with van der Waals surface area (Å²) >= 11 is -0.106. The Hall–Kier alpha value is -1.06. The van der Waals surface area contributed by atoms with E-state index in [0.717, 1.165) is 0 Å². The number of hydrogen-bond acceptors (Lipinski definition) is 0. The van der Waals surface area contributed by atoms with Crippen molar-refractivity contribution < 1.29 is 36.4 Å². The molecule has 6 aromatic rings. The molecule has 0 aromatic heterocycles. The van der Waals surface area contributed by atoms with Gasteiger partial charge in [0.2, 0.25) is 0 Å². The molecule has 6 aliphatic rings. The van der Waals surface area contributed by atoms with Gasteiger partial charge in [0.25, 0.3) is 0 Å². The SMILES string of the molecule is C1CCC([PH+](C2CCCCC2)C2CCCCC2)CC1.C1CCC([PH+](C2CCCCC2)C2CCCCC2)CC1.[Cl][Pd][Cl].[Pd].c1ccc([PH+](c2ccccc2)c2ccccc2)cc1.c1ccc([PH+](c2ccccc2)c2ccccc2)cc1. The summed E-state index contributed by atoms with van der Waals surface area (Å²) in [5.41, 5.74) is 7.36. The molecule has 0 radical (unpaired) electrons. The molecule has 6 aliphatic carbocycles. The summed E-state index contributed by atoms with van der Waals surface area (Å²) < 4.78 is 0. The zero-order chi connectivity index (χ0) is 54.4. The zero-order valence-electron chi connectivity index (χ0n) is 48.4. The summed E-state index contributed by atoms with van der Waals surface area (Å²) in [4.78, 5) is 0. The third-order valence-corrected chi connectivity index (χ3v) is 33.4. The Kier molecular flexibility index (Phi) is 32.9. The molecule has 438 valence electrons. The summed E-state index contributed by atoms with van der Waals surface area (Å²) in [5, 5.41) is 8.61. The Morgan fingerprint density at radius 3 is 0.475 bits per heavy atom. The second-order valence-electron chi connectivity index (χ2n) is 24.0. The third-order valence-electron chi connectivity index (χ3n) is 18.8. The molecule has 6 fully saturated rings. The predicted octanol–water partition coefficient (Wildman–Crippen LogP) is 20.1. The summed E-state index contributed by atoms with van der Waals surface area (Å²) in [6.45, 7) is 0. The van der Waals surface area contributed by atoms with Gasteiger partial charge in [0.05, 0.1) is 49.8 Å². The van der Waals surface area contributed by atoms with Gasteiger partial charge < -0.3 is 0 Å². The third kappa shape index (κ3) is 21.7. The van der Waals surface area contributed by atoms with Crippen LogP contribution in [-0.2, 0) is 36.4 Å². The first-order valence-corrected chi connectivity index (χ1v) is 42.3. The molecular weight excluding hydrogens is 1270 g/mol. The minimum atomic E-state index is -0.877. The van der Waals surface area contributed by atoms with Gasteiger partial charge in [0.15, 0.2) is 0 Å². The topological polar surface area (TPSA) is 0 Å². The Morgan fingerprint density at radius 2 is 0.350 bits per heavy atom. The fourth-order valence-electron chi connectivity index (χ4n) is 15.2. The molecule has 0 heterocycles. The molecule has 6 aromatic carbocycles. The largest absolute Gasteiger partial charge is 0.102 e. The molecule has 12 rings (SSSR count). The smallest absolute Gasteiger partial charge is 0.0620 e. The molecule has 80 heavy (non-hydrogen) atoms. The van der Waals surface area contributed by atoms with E-state index in [-0.39, 0.29) is 52.2 Å². The van der Waals surface area contributed by atoms with Gasteiger partial charge in [-0.25, -0.2) is 0 Å². The molecule has 0 amide bonds. The average Bonchev–Trinajstić information content (AvgIpc) is 3.54. The van der Waals surface area contributed by atoms with Crippen molar-refractivity contribution in [1.29, 1.82) is 0 Å². The first kappa shape index (κ1) is 66.5. The van der Waals surface area contributed by atoms with Crippen LogP contribution in [0.25, 0.3) is 0 Å². The van der Waals surface area contributed by atoms with Crippen LogP contribution in [0.1, 0.15) is 193 Å². The minimum absolute atomic E-state index is 0. The predicted molar refractivity (Wildman–Crippen MR) is 363 cm³/mol. The van der Waals surface area contributed by atoms with Crippen LogP contribution in [0.15, 0.2) is 182 Å². The van der Waals surface area contributed by atoms with Crippen molar-refractivity contribution in [3.8, 4) is 0 Å². The van der Waals surface area contributed by atoms with Gasteiger partial charge in [0, 0.05) is 36.3 Å². The standard InChI is InChI=1S/2C18H33P.2C18H15P.2ClH.2Pd/c4*1-4-10-16(11-5-1)19(17-12-6-2-7-13-17)18-14-8-3-9-15-18;;;;/h2*16-18H,1-15H2;2*1-15H;2*1H;;/q;;;;;;;+2/p+2. The van der Waals surface area contributed by atoms with Gasteiger partial charge >= 0.3 is 35.0 Å². The molecule has 0 spiro atoms. The van der Waals surface area contributed by atoms with E-state index in [1.165, 1.54) is 65.8 Å². The second kappa shape index (κ2) is 39.6. The molecule has 8 heteroatoms. The monoisotopic (exact) mass is 1370 g/mol. The number of rotatable bonds is 12. The molecule has 6 saturated carbocycles. The van der Waals surface area contributed by atoms with E-state index in [0.29, 0.717) is 0 Å². The quantitative estimate of drug-likeness (QED) is 0.0846. The fraction of sp³-hybridized carbons (Fsp3) is 0.500. The van der Waals surface area contributed by atoms with Gasteiger partial charge in [-0.1, -0.05) is 148 Å². The summed E-state index contributed by atoms with van der Waals surface area (Å²) in [7, 11) is 7.78. The Bertz CT molecular complexity index is 1980. The van der Waals surface area contributed by atoms with Crippen molar-refractivity contribution in [2.24, 2.45) is 0 Å². The molecule has 0 saturated heterocycles. The second-order valence-corrected chi connectivity index (χ2v) is 38.2. The van der Waals surface area contributed by atoms with Gasteiger partial charge in [-0.3, -0.25) is 0 Å². The van der Waals surface area contributed by atoms with Crippen molar-refractivity contribution >= 4 is 82.6 Å². The summed E-state index contributed by atoms with van der Waals surface area (Å²) in [5.74, 6) is 0. The van der Waals surface area contributed by atoms with Gasteiger partial charge in [0.1, 0.15) is 31.8 Å². The molecule has 0 atom stereocenters. The van der Waals surface area contributed by atoms with Crippen LogP contribution < -0.4 is 31.8 Å². The van der Waals surface area contributed by atoms with Crippen molar-refractivity contribution in [1.82, 2.24) is 0 Å². The molecule has 0 aliphatic heterocycles. The molecule has 0 N–H and O–H groups in total. The van der Waals surface area contributed by atoms with Crippen LogP contribution in [0, 0.1) is 0 Å². The Balaban J connectivity index is 0.000000151. The van der Waals surface area contributed by atoms with Crippen molar-refractivity contribution in [3.63, 3.8) is 0 Å². The first-order valence-electron chi connectivity index (χ1n) is 31.8. The van der Waals surface area contributed by atoms with Crippen LogP contribution >= 0.6 is 50.7 Å². The average molecular weight is 1370 g/mol. The zero-order valence-corrected chi connectivity index (χ0v) is 57.0. The van der Waals surface area contributed by atoms with E-state index in [1.807, 2.05) is 0 Å². The Labute approximate surface area is 522 Å². The van der Waals surface area contributed by atoms with Crippen LogP contribution in [0.2, 0.25) is 0 Å². The minimum Gasteiger partial charge on any atom is -0.0620 e. The van der Waals surface area contributed by atoms with Crippen molar-refractivity contribution in [2.75, 3.05) is 0 Å². The normalized spacial score (nSPS) is 19.0. The van der Waals surface area contributed by atoms with Crippen LogP contribution in [0.4, 0.5) is 0 Å². The van der Waals surface area contributed by atoms with E-state index in [2.05, 4.69) is 182 Å². The number of hydrogen-bond donors (Lipinski definition) is 0. The van der Waals surface area contributed by atoms with E-state index in [1.54, 1.807) is 193 Å². The van der Waals surface area contributed by atoms with Gasteiger partial charge in [-0.15, -0.1) is 0 Å². The van der Waals surface area contributed by atoms with Crippen LogP contribution in [0.3, 0.4) is 0 Å². The fourth-order valence-corrected chi connectivity index (χ4v) is 30.8. The van der Waals surface area contributed by atoms with Gasteiger partial charge in [-0.05, 0) is 227 Å². The summed E-state index contributed by atoms with van der Waals surface area (Å²) in [6, 6.07) is 65.0. The molecule has 0 unspecified atom stereocenters. The van der Waals surface area contributed by atoms with E-state index >= 15 is 0 Å². The van der Waals surface area contributed by atoms with E-state index in [4.69, 9.17) is 19.1 Å². The summed E-state index contributed by atoms with van der Waals surface area (Å²) in [6.07, 6.45) is 47.6. The van der Waals surface area contributed by atoms with Crippen molar-refractivity contribution in [3.05, 3.63) is 182 Å². The van der Waals surface area contributed by atoms with E-state index in [9.17, 15) is 0 Å². The van der Waals surface area contributed by atoms with Crippen molar-refractivity contribution in [2.45, 2.75) is 227 Å². The molecule has 0 nitrogen and oxygen atoms in total. The van der Waals surface area contributed by atoms with Gasteiger partial charge in [-0.2, -0.15) is 0 Å². The first-order chi connectivity index (χ1) is 39.2. The number of halogens is 2. The maximum Gasteiger partial charge on any atom is 0.102 e. The van der Waals surface area contributed by atoms with Crippen LogP contribution in [0.5, 0.6) is 0 Å². The molecule has 0 bridgehead atoms. The van der Waals surface area contributed by atoms with Crippen LogP contribution in [-0.4, -0.2) is 34.0 Å². The number of benzene rings is 6. The molecular formula is C72H100Cl2P4Pd2+4. The van der Waals surface area contributed by atoms with E-state index < -0.39 is 15.8 Å². The Morgan fingerprint density at radius 1 is 0.225 bits per heavy atom. The maximum atomic E-state index is 4.81. The maximum absolute atomic E-state index is 4.81.